The number of ether oxygens (including phenoxy) is 7. The predicted molar refractivity (Wildman–Crippen MR) is 286 cm³/mol. The van der Waals surface area contributed by atoms with Crippen molar-refractivity contribution in [1.82, 2.24) is 19.9 Å². The molecule has 1 fully saturated rings. The highest BCUT2D eigenvalue weighted by atomic mass is 32.1. The number of esters is 3. The molecule has 380 valence electrons. The van der Waals surface area contributed by atoms with Crippen LogP contribution in [0.25, 0.3) is 31.7 Å². The van der Waals surface area contributed by atoms with Crippen molar-refractivity contribution in [2.75, 3.05) is 59.3 Å². The fourth-order valence-corrected chi connectivity index (χ4v) is 9.77. The first-order valence-electron chi connectivity index (χ1n) is 23.5. The maximum Gasteiger partial charge on any atom is 0.358 e. The zero-order chi connectivity index (χ0) is 51.2. The van der Waals surface area contributed by atoms with Crippen molar-refractivity contribution in [1.29, 1.82) is 0 Å². The summed E-state index contributed by atoms with van der Waals surface area (Å²) in [5.74, 6) is 1.30. The van der Waals surface area contributed by atoms with E-state index < -0.39 is 11.9 Å². The Kier molecular flexibility index (Phi) is 21.9. The molecule has 0 spiro atoms. The van der Waals surface area contributed by atoms with Gasteiger partial charge in [0, 0.05) is 57.3 Å². The number of hydrogen-bond acceptors (Lipinski definition) is 18. The van der Waals surface area contributed by atoms with Crippen LogP contribution in [-0.4, -0.2) is 103 Å². The average Bonchev–Trinajstić information content (AvgIpc) is 4.25. The lowest BCUT2D eigenvalue weighted by Gasteiger charge is -2.28. The van der Waals surface area contributed by atoms with Crippen molar-refractivity contribution in [2.24, 2.45) is 0 Å². The van der Waals surface area contributed by atoms with Gasteiger partial charge in [-0.05, 0) is 139 Å². The third-order valence-electron chi connectivity index (χ3n) is 10.2. The van der Waals surface area contributed by atoms with Crippen LogP contribution in [0.2, 0.25) is 0 Å². The third-order valence-corrected chi connectivity index (χ3v) is 13.9. The molecule has 0 saturated carbocycles. The molecule has 14 nitrogen and oxygen atoms in total. The van der Waals surface area contributed by atoms with Gasteiger partial charge in [-0.2, -0.15) is 0 Å². The number of rotatable bonds is 19. The largest absolute Gasteiger partial charge is 0.494 e. The molecule has 18 heteroatoms. The average molecular weight is 1050 g/mol. The van der Waals surface area contributed by atoms with Gasteiger partial charge in [0.1, 0.15) is 51.1 Å². The third kappa shape index (κ3) is 17.2. The monoisotopic (exact) mass is 1050 g/mol. The molecule has 72 heavy (non-hydrogen) atoms. The molecule has 1 aliphatic rings. The lowest BCUT2D eigenvalue weighted by molar-refractivity contribution is 0.000126. The van der Waals surface area contributed by atoms with Gasteiger partial charge in [-0.25, -0.2) is 29.3 Å². The standard InChI is InChI=1S/C19H24N2O4S.C18H17NO3S2.C17H19NO3S/c1-3-24-16-6-4-15(5-7-16)18-20-17(13-26-18)19(22)25-14(2)12-21-8-10-23-11-9-21;1-3-21-14-8-6-13(7-9-14)17-19-15(11-24-17)18(20)22-12(2)16-5-4-10-23-16;1-4-20-14-7-5-13(6-8-14)16-18-15(11-22-16)17(19)21-10-9-12(2)3/h4-7,13-14H,3,8-12H2,1-2H3;4-12H,3H2,1-2H3;5-9,11H,4,10H2,1-3H3. The van der Waals surface area contributed by atoms with E-state index in [1.165, 1.54) is 34.0 Å². The lowest BCUT2D eigenvalue weighted by Crippen LogP contribution is -2.41. The fraction of sp³-hybridized carbons (Fsp3) is 0.333. The second-order valence-electron chi connectivity index (χ2n) is 16.1. The predicted octanol–water partition coefficient (Wildman–Crippen LogP) is 12.6. The SMILES string of the molecule is CCOc1ccc(-c2nc(C(=O)OC(C)CN3CCOCC3)cs2)cc1.CCOc1ccc(-c2nc(C(=O)OC(C)c3cccs3)cs2)cc1.CCOc1ccc(-c2nc(C(=O)OCC=C(C)C)cs2)cc1. The Morgan fingerprint density at radius 1 is 0.611 bits per heavy atom. The normalized spacial score (nSPS) is 12.9. The van der Waals surface area contributed by atoms with E-state index in [9.17, 15) is 14.4 Å². The summed E-state index contributed by atoms with van der Waals surface area (Å²) < 4.78 is 37.8. The molecule has 0 bridgehead atoms. The van der Waals surface area contributed by atoms with E-state index in [1.807, 2.05) is 145 Å². The summed E-state index contributed by atoms with van der Waals surface area (Å²) in [7, 11) is 0. The topological polar surface area (TPSA) is 158 Å². The van der Waals surface area contributed by atoms with Crippen LogP contribution in [0, 0.1) is 0 Å². The van der Waals surface area contributed by atoms with Crippen molar-refractivity contribution in [3.05, 3.63) is 140 Å². The van der Waals surface area contributed by atoms with Crippen molar-refractivity contribution >= 4 is 63.3 Å². The van der Waals surface area contributed by atoms with Gasteiger partial charge >= 0.3 is 17.9 Å². The van der Waals surface area contributed by atoms with E-state index in [4.69, 9.17) is 33.2 Å². The summed E-state index contributed by atoms with van der Waals surface area (Å²) >= 11 is 5.85. The van der Waals surface area contributed by atoms with Crippen molar-refractivity contribution < 1.29 is 47.5 Å². The number of carbonyl (C=O) groups excluding carboxylic acids is 3. The summed E-state index contributed by atoms with van der Waals surface area (Å²) in [6.45, 7) is 19.7. The van der Waals surface area contributed by atoms with Crippen molar-refractivity contribution in [3.63, 3.8) is 0 Å². The molecule has 1 saturated heterocycles. The number of aromatic nitrogens is 3. The zero-order valence-electron chi connectivity index (χ0n) is 41.5. The van der Waals surface area contributed by atoms with Gasteiger partial charge in [-0.1, -0.05) is 11.6 Å². The van der Waals surface area contributed by atoms with Crippen LogP contribution in [-0.2, 0) is 18.9 Å². The molecule has 0 aliphatic carbocycles. The van der Waals surface area contributed by atoms with E-state index in [-0.39, 0.29) is 24.8 Å². The van der Waals surface area contributed by atoms with Gasteiger partial charge in [-0.3, -0.25) is 4.90 Å². The van der Waals surface area contributed by atoms with Crippen LogP contribution < -0.4 is 14.2 Å². The highest BCUT2D eigenvalue weighted by Gasteiger charge is 2.21. The van der Waals surface area contributed by atoms with E-state index in [0.29, 0.717) is 43.4 Å². The Morgan fingerprint density at radius 3 is 1.44 bits per heavy atom. The molecule has 7 aromatic rings. The number of morpholine rings is 1. The molecule has 5 heterocycles. The molecular weight excluding hydrogens is 993 g/mol. The first-order valence-corrected chi connectivity index (χ1v) is 27.1. The maximum atomic E-state index is 12.3. The minimum absolute atomic E-state index is 0.184. The molecule has 8 rings (SSSR count). The lowest BCUT2D eigenvalue weighted by atomic mass is 10.2. The Balaban J connectivity index is 0.000000177. The van der Waals surface area contributed by atoms with Gasteiger partial charge in [0.05, 0.1) is 33.0 Å². The number of nitrogens with zero attached hydrogens (tertiary/aromatic N) is 4. The highest BCUT2D eigenvalue weighted by molar-refractivity contribution is 7.14. The van der Waals surface area contributed by atoms with Gasteiger partial charge in [-0.15, -0.1) is 45.3 Å². The van der Waals surface area contributed by atoms with Gasteiger partial charge < -0.3 is 33.2 Å². The molecule has 0 amide bonds. The van der Waals surface area contributed by atoms with E-state index in [2.05, 4.69) is 19.9 Å². The number of carbonyl (C=O) groups is 3. The fourth-order valence-electron chi connectivity index (χ4n) is 6.67. The summed E-state index contributed by atoms with van der Waals surface area (Å²) in [6, 6.07) is 26.9. The Bertz CT molecular complexity index is 2760. The van der Waals surface area contributed by atoms with Crippen molar-refractivity contribution in [2.45, 2.75) is 60.7 Å². The Hall–Kier alpha value is -6.28. The van der Waals surface area contributed by atoms with Crippen LogP contribution >= 0.6 is 45.3 Å². The number of allylic oxidation sites excluding steroid dienone is 1. The van der Waals surface area contributed by atoms with Crippen LogP contribution in [0.15, 0.2) is 118 Å². The molecule has 0 N–H and O–H groups in total. The van der Waals surface area contributed by atoms with Gasteiger partial charge in [0.2, 0.25) is 0 Å². The summed E-state index contributed by atoms with van der Waals surface area (Å²) in [4.78, 5) is 52.9. The first kappa shape index (κ1) is 55.0. The highest BCUT2D eigenvalue weighted by Crippen LogP contribution is 2.30. The maximum absolute atomic E-state index is 12.3. The number of thiazole rings is 3. The minimum atomic E-state index is -0.399. The first-order chi connectivity index (χ1) is 34.9. The molecule has 2 unspecified atom stereocenters. The zero-order valence-corrected chi connectivity index (χ0v) is 44.8. The molecular formula is C54H60N4O10S4. The summed E-state index contributed by atoms with van der Waals surface area (Å²) in [5, 5.41) is 9.53. The smallest absolute Gasteiger partial charge is 0.358 e. The molecule has 0 radical (unpaired) electrons. The number of hydrogen-bond donors (Lipinski definition) is 0. The van der Waals surface area contributed by atoms with Crippen LogP contribution in [0.3, 0.4) is 0 Å². The van der Waals surface area contributed by atoms with Gasteiger partial charge in [0.25, 0.3) is 0 Å². The van der Waals surface area contributed by atoms with E-state index >= 15 is 0 Å². The van der Waals surface area contributed by atoms with E-state index in [1.54, 1.807) is 27.5 Å². The van der Waals surface area contributed by atoms with E-state index in [0.717, 1.165) is 85.7 Å². The second kappa shape index (κ2) is 28.7. The van der Waals surface area contributed by atoms with Crippen LogP contribution in [0.4, 0.5) is 0 Å². The molecule has 2 atom stereocenters. The summed E-state index contributed by atoms with van der Waals surface area (Å²) in [6.07, 6.45) is 1.40. The second-order valence-corrected chi connectivity index (χ2v) is 19.6. The molecule has 1 aliphatic heterocycles. The van der Waals surface area contributed by atoms with Crippen LogP contribution in [0.1, 0.15) is 90.9 Å². The number of thiophene rings is 1. The summed E-state index contributed by atoms with van der Waals surface area (Å²) in [5.41, 5.74) is 5.02. The Morgan fingerprint density at radius 2 is 1.04 bits per heavy atom. The van der Waals surface area contributed by atoms with Crippen molar-refractivity contribution in [3.8, 4) is 49.0 Å². The van der Waals surface area contributed by atoms with Gasteiger partial charge in [0.15, 0.2) is 17.1 Å². The number of benzene rings is 3. The molecule has 3 aromatic carbocycles. The minimum Gasteiger partial charge on any atom is -0.494 e. The Labute approximate surface area is 437 Å². The quantitative estimate of drug-likeness (QED) is 0.0428. The molecule has 4 aromatic heterocycles. The van der Waals surface area contributed by atoms with Crippen LogP contribution in [0.5, 0.6) is 17.2 Å².